The maximum Gasteiger partial charge on any atom is 0.268 e. The van der Waals surface area contributed by atoms with Crippen LogP contribution in [0.15, 0.2) is 18.3 Å². The number of rotatable bonds is 5. The number of amides is 1. The molecule has 2 aliphatic carbocycles. The van der Waals surface area contributed by atoms with E-state index in [0.717, 1.165) is 30.8 Å². The summed E-state index contributed by atoms with van der Waals surface area (Å²) < 4.78 is 2.10. The van der Waals surface area contributed by atoms with Crippen LogP contribution in [-0.4, -0.2) is 37.1 Å². The molecular formula is C14H18N6O. The van der Waals surface area contributed by atoms with Crippen molar-refractivity contribution in [1.29, 1.82) is 0 Å². The zero-order valence-electron chi connectivity index (χ0n) is 11.7. The van der Waals surface area contributed by atoms with Crippen LogP contribution in [0.2, 0.25) is 0 Å². The molecule has 0 bridgehead atoms. The number of nitrogens with zero attached hydrogens (tertiary/aromatic N) is 4. The molecule has 2 fully saturated rings. The van der Waals surface area contributed by atoms with Gasteiger partial charge in [-0.05, 0) is 43.7 Å². The molecule has 0 spiro atoms. The van der Waals surface area contributed by atoms with Crippen molar-refractivity contribution in [2.45, 2.75) is 44.2 Å². The van der Waals surface area contributed by atoms with Gasteiger partial charge in [-0.25, -0.2) is 0 Å². The Bertz CT molecular complexity index is 624. The molecule has 0 aromatic carbocycles. The van der Waals surface area contributed by atoms with Gasteiger partial charge in [-0.2, -0.15) is 5.21 Å². The van der Waals surface area contributed by atoms with Crippen molar-refractivity contribution in [3.63, 3.8) is 0 Å². The van der Waals surface area contributed by atoms with E-state index in [4.69, 9.17) is 0 Å². The molecule has 2 heterocycles. The van der Waals surface area contributed by atoms with E-state index in [9.17, 15) is 4.79 Å². The number of aromatic amines is 1. The van der Waals surface area contributed by atoms with Gasteiger partial charge >= 0.3 is 0 Å². The predicted molar refractivity (Wildman–Crippen MR) is 74.6 cm³/mol. The van der Waals surface area contributed by atoms with Gasteiger partial charge in [0.15, 0.2) is 5.82 Å². The summed E-state index contributed by atoms with van der Waals surface area (Å²) in [6.07, 6.45) is 7.19. The van der Waals surface area contributed by atoms with E-state index < -0.39 is 0 Å². The molecule has 0 aliphatic heterocycles. The summed E-state index contributed by atoms with van der Waals surface area (Å²) in [6.45, 7) is 0. The van der Waals surface area contributed by atoms with Crippen molar-refractivity contribution in [2.75, 3.05) is 0 Å². The third-order valence-corrected chi connectivity index (χ3v) is 4.38. The SMILES string of the molecule is O=C(NC1CC(Cc2nn[nH]n2)C1)c1cccn1C1CC1. The van der Waals surface area contributed by atoms with E-state index in [2.05, 4.69) is 30.5 Å². The maximum absolute atomic E-state index is 12.3. The lowest BCUT2D eigenvalue weighted by Crippen LogP contribution is -2.45. The van der Waals surface area contributed by atoms with Crippen LogP contribution in [0.5, 0.6) is 0 Å². The summed E-state index contributed by atoms with van der Waals surface area (Å²) in [5.41, 5.74) is 0.791. The Morgan fingerprint density at radius 1 is 1.43 bits per heavy atom. The highest BCUT2D eigenvalue weighted by Gasteiger charge is 2.33. The maximum atomic E-state index is 12.3. The van der Waals surface area contributed by atoms with Crippen molar-refractivity contribution < 1.29 is 4.79 Å². The van der Waals surface area contributed by atoms with Crippen molar-refractivity contribution in [1.82, 2.24) is 30.5 Å². The zero-order valence-corrected chi connectivity index (χ0v) is 11.7. The lowest BCUT2D eigenvalue weighted by Gasteiger charge is -2.35. The molecule has 2 aromatic heterocycles. The van der Waals surface area contributed by atoms with Crippen LogP contribution in [0.3, 0.4) is 0 Å². The Labute approximate surface area is 122 Å². The number of carbonyl (C=O) groups is 1. The van der Waals surface area contributed by atoms with Gasteiger partial charge in [0.1, 0.15) is 5.69 Å². The van der Waals surface area contributed by atoms with Crippen LogP contribution < -0.4 is 5.32 Å². The topological polar surface area (TPSA) is 88.5 Å². The van der Waals surface area contributed by atoms with Crippen molar-refractivity contribution in [3.05, 3.63) is 29.8 Å². The Balaban J connectivity index is 1.29. The van der Waals surface area contributed by atoms with Crippen molar-refractivity contribution >= 4 is 5.91 Å². The second kappa shape index (κ2) is 4.98. The summed E-state index contributed by atoms with van der Waals surface area (Å²) in [5, 5.41) is 17.1. The van der Waals surface area contributed by atoms with Gasteiger partial charge in [-0.3, -0.25) is 4.79 Å². The second-order valence-corrected chi connectivity index (χ2v) is 6.07. The number of tetrazole rings is 1. The van der Waals surface area contributed by atoms with Gasteiger partial charge in [0.2, 0.25) is 0 Å². The summed E-state index contributed by atoms with van der Waals surface area (Å²) in [7, 11) is 0. The first kappa shape index (κ1) is 12.6. The third-order valence-electron chi connectivity index (χ3n) is 4.38. The average molecular weight is 286 g/mol. The quantitative estimate of drug-likeness (QED) is 0.861. The first-order valence-corrected chi connectivity index (χ1v) is 7.49. The van der Waals surface area contributed by atoms with Gasteiger partial charge < -0.3 is 9.88 Å². The van der Waals surface area contributed by atoms with Gasteiger partial charge in [-0.1, -0.05) is 5.21 Å². The standard InChI is InChI=1S/C14H18N6O/c21-14(12-2-1-5-20(12)11-3-4-11)15-10-6-9(7-10)8-13-16-18-19-17-13/h1-2,5,9-11H,3-4,6-8H2,(H,15,21)(H,16,17,18,19). The molecule has 2 aromatic rings. The van der Waals surface area contributed by atoms with Gasteiger partial charge in [0.05, 0.1) is 0 Å². The minimum absolute atomic E-state index is 0.0508. The van der Waals surface area contributed by atoms with E-state index in [0.29, 0.717) is 12.0 Å². The Hall–Kier alpha value is -2.18. The van der Waals surface area contributed by atoms with Crippen LogP contribution in [0.4, 0.5) is 0 Å². The molecule has 2 N–H and O–H groups in total. The first-order valence-electron chi connectivity index (χ1n) is 7.49. The van der Waals surface area contributed by atoms with Crippen LogP contribution >= 0.6 is 0 Å². The molecule has 0 radical (unpaired) electrons. The lowest BCUT2D eigenvalue weighted by atomic mass is 9.78. The van der Waals surface area contributed by atoms with Crippen molar-refractivity contribution in [2.24, 2.45) is 5.92 Å². The van der Waals surface area contributed by atoms with E-state index >= 15 is 0 Å². The number of hydrogen-bond acceptors (Lipinski definition) is 4. The molecular weight excluding hydrogens is 268 g/mol. The molecule has 21 heavy (non-hydrogen) atoms. The highest BCUT2D eigenvalue weighted by atomic mass is 16.2. The molecule has 2 aliphatic rings. The Morgan fingerprint density at radius 3 is 3.00 bits per heavy atom. The molecule has 0 saturated heterocycles. The minimum Gasteiger partial charge on any atom is -0.348 e. The number of carbonyl (C=O) groups excluding carboxylic acids is 1. The predicted octanol–water partition coefficient (Wildman–Crippen LogP) is 1.09. The highest BCUT2D eigenvalue weighted by molar-refractivity contribution is 5.93. The Morgan fingerprint density at radius 2 is 2.29 bits per heavy atom. The number of H-pyrrole nitrogens is 1. The normalized spacial score (nSPS) is 24.6. The monoisotopic (exact) mass is 286 g/mol. The molecule has 0 atom stereocenters. The smallest absolute Gasteiger partial charge is 0.268 e. The minimum atomic E-state index is 0.0508. The second-order valence-electron chi connectivity index (χ2n) is 6.07. The van der Waals surface area contributed by atoms with Gasteiger partial charge in [0.25, 0.3) is 5.91 Å². The molecule has 7 nitrogen and oxygen atoms in total. The van der Waals surface area contributed by atoms with Crippen molar-refractivity contribution in [3.8, 4) is 0 Å². The molecule has 0 unspecified atom stereocenters. The number of nitrogens with one attached hydrogen (secondary N) is 2. The van der Waals surface area contributed by atoms with E-state index in [-0.39, 0.29) is 11.9 Å². The average Bonchev–Trinajstić information content (AvgIpc) is 2.96. The first-order chi connectivity index (χ1) is 10.3. The van der Waals surface area contributed by atoms with E-state index in [1.807, 2.05) is 18.3 Å². The highest BCUT2D eigenvalue weighted by Crippen LogP contribution is 2.36. The van der Waals surface area contributed by atoms with E-state index in [1.165, 1.54) is 12.8 Å². The van der Waals surface area contributed by atoms with Crippen LogP contribution in [0, 0.1) is 5.92 Å². The fourth-order valence-corrected chi connectivity index (χ4v) is 3.06. The van der Waals surface area contributed by atoms with Gasteiger partial charge in [0, 0.05) is 24.7 Å². The zero-order chi connectivity index (χ0) is 14.2. The summed E-state index contributed by atoms with van der Waals surface area (Å²) >= 11 is 0. The third kappa shape index (κ3) is 2.55. The summed E-state index contributed by atoms with van der Waals surface area (Å²) in [6, 6.07) is 4.67. The Kier molecular flexibility index (Phi) is 2.98. The lowest BCUT2D eigenvalue weighted by molar-refractivity contribution is 0.0879. The molecule has 7 heteroatoms. The summed E-state index contributed by atoms with van der Waals surface area (Å²) in [4.78, 5) is 12.3. The number of hydrogen-bond donors (Lipinski definition) is 2. The van der Waals surface area contributed by atoms with Crippen LogP contribution in [-0.2, 0) is 6.42 Å². The van der Waals surface area contributed by atoms with Gasteiger partial charge in [-0.15, -0.1) is 10.2 Å². The largest absolute Gasteiger partial charge is 0.348 e. The number of aromatic nitrogens is 5. The fourth-order valence-electron chi connectivity index (χ4n) is 3.06. The van der Waals surface area contributed by atoms with E-state index in [1.54, 1.807) is 0 Å². The van der Waals surface area contributed by atoms with Crippen LogP contribution in [0.25, 0.3) is 0 Å². The molecule has 2 saturated carbocycles. The molecule has 1 amide bonds. The molecule has 4 rings (SSSR count). The van der Waals surface area contributed by atoms with Crippen LogP contribution in [0.1, 0.15) is 48.0 Å². The molecule has 110 valence electrons. The fraction of sp³-hybridized carbons (Fsp3) is 0.571. The summed E-state index contributed by atoms with van der Waals surface area (Å²) in [5.74, 6) is 1.35.